The fourth-order valence-electron chi connectivity index (χ4n) is 3.15. The van der Waals surface area contributed by atoms with Crippen molar-refractivity contribution in [1.29, 1.82) is 0 Å². The summed E-state index contributed by atoms with van der Waals surface area (Å²) in [5, 5.41) is 16.1. The molecule has 0 saturated heterocycles. The van der Waals surface area contributed by atoms with Crippen LogP contribution in [0.15, 0.2) is 47.3 Å². The van der Waals surface area contributed by atoms with E-state index in [4.69, 9.17) is 4.74 Å². The molecular weight excluding hydrogens is 401 g/mol. The molecule has 0 fully saturated rings. The second-order valence-electron chi connectivity index (χ2n) is 7.20. The normalized spacial score (nSPS) is 10.6. The van der Waals surface area contributed by atoms with E-state index in [9.17, 15) is 19.1 Å². The Morgan fingerprint density at radius 2 is 1.84 bits per heavy atom. The maximum absolute atomic E-state index is 14.4. The number of nitrogens with zero attached hydrogens (tertiary/aromatic N) is 1. The summed E-state index contributed by atoms with van der Waals surface area (Å²) >= 11 is 0. The summed E-state index contributed by atoms with van der Waals surface area (Å²) in [5.41, 5.74) is 0.989. The van der Waals surface area contributed by atoms with Crippen molar-refractivity contribution in [2.24, 2.45) is 7.05 Å². The number of hydrogen-bond donors (Lipinski definition) is 3. The molecule has 8 heteroatoms. The molecule has 0 radical (unpaired) electrons. The zero-order chi connectivity index (χ0) is 22.7. The summed E-state index contributed by atoms with van der Waals surface area (Å²) in [7, 11) is 3.01. The molecule has 7 nitrogen and oxygen atoms in total. The average Bonchev–Trinajstić information content (AvgIpc) is 2.76. The molecule has 0 unspecified atom stereocenters. The van der Waals surface area contributed by atoms with Crippen molar-refractivity contribution in [2.75, 3.05) is 12.4 Å². The lowest BCUT2D eigenvalue weighted by Gasteiger charge is -2.19. The quantitative estimate of drug-likeness (QED) is 0.562. The number of benzene rings is 2. The van der Waals surface area contributed by atoms with E-state index < -0.39 is 23.0 Å². The molecule has 3 N–H and O–H groups in total. The van der Waals surface area contributed by atoms with Gasteiger partial charge in [-0.25, -0.2) is 4.39 Å². The number of methoxy groups -OCH3 is 1. The van der Waals surface area contributed by atoms with Crippen molar-refractivity contribution in [3.63, 3.8) is 0 Å². The van der Waals surface area contributed by atoms with Gasteiger partial charge in [-0.2, -0.15) is 0 Å². The van der Waals surface area contributed by atoms with E-state index in [1.165, 1.54) is 30.7 Å². The van der Waals surface area contributed by atoms with E-state index in [1.54, 1.807) is 44.4 Å². The molecule has 0 aliphatic heterocycles. The van der Waals surface area contributed by atoms with Gasteiger partial charge in [0.25, 0.3) is 11.5 Å². The molecule has 2 aromatic carbocycles. The van der Waals surface area contributed by atoms with E-state index in [1.807, 2.05) is 0 Å². The standard InChI is InChI=1S/C23H24FN3O4/c1-13-5-10-18(17(24)11-13)26-21-19(20(28)14(2)23(30)27(21)3)22(29)25-12-15-6-8-16(31-4)9-7-15/h5-11,26,28H,12H2,1-4H3,(H,25,29). The van der Waals surface area contributed by atoms with Gasteiger partial charge in [0.05, 0.1) is 18.4 Å². The lowest BCUT2D eigenvalue weighted by atomic mass is 10.1. The molecule has 0 saturated carbocycles. The Morgan fingerprint density at radius 3 is 2.45 bits per heavy atom. The molecule has 1 aromatic heterocycles. The smallest absolute Gasteiger partial charge is 0.259 e. The maximum atomic E-state index is 14.4. The zero-order valence-electron chi connectivity index (χ0n) is 17.7. The summed E-state index contributed by atoms with van der Waals surface area (Å²) in [6.45, 7) is 3.36. The van der Waals surface area contributed by atoms with Gasteiger partial charge < -0.3 is 20.5 Å². The van der Waals surface area contributed by atoms with E-state index in [-0.39, 0.29) is 29.2 Å². The molecule has 0 atom stereocenters. The minimum atomic E-state index is -0.609. The minimum absolute atomic E-state index is 0.0110. The third kappa shape index (κ3) is 4.53. The van der Waals surface area contributed by atoms with Crippen LogP contribution in [0.4, 0.5) is 15.9 Å². The van der Waals surface area contributed by atoms with Crippen molar-refractivity contribution in [2.45, 2.75) is 20.4 Å². The first-order valence-electron chi connectivity index (χ1n) is 9.59. The third-order valence-electron chi connectivity index (χ3n) is 5.01. The van der Waals surface area contributed by atoms with Gasteiger partial charge in [-0.3, -0.25) is 14.2 Å². The predicted molar refractivity (Wildman–Crippen MR) is 117 cm³/mol. The van der Waals surface area contributed by atoms with Crippen LogP contribution in [0, 0.1) is 19.7 Å². The Hall–Kier alpha value is -3.81. The minimum Gasteiger partial charge on any atom is -0.506 e. The van der Waals surface area contributed by atoms with Crippen LogP contribution in [0.2, 0.25) is 0 Å². The summed E-state index contributed by atoms with van der Waals surface area (Å²) in [6.07, 6.45) is 0. The molecule has 0 spiro atoms. The Labute approximate surface area is 179 Å². The van der Waals surface area contributed by atoms with Crippen LogP contribution < -0.4 is 20.9 Å². The molecule has 1 amide bonds. The molecule has 162 valence electrons. The van der Waals surface area contributed by atoms with E-state index in [0.29, 0.717) is 5.75 Å². The Morgan fingerprint density at radius 1 is 1.16 bits per heavy atom. The van der Waals surface area contributed by atoms with Gasteiger partial charge in [0.1, 0.15) is 28.7 Å². The number of rotatable bonds is 6. The van der Waals surface area contributed by atoms with Gasteiger partial charge in [0, 0.05) is 13.6 Å². The van der Waals surface area contributed by atoms with Gasteiger partial charge in [-0.05, 0) is 49.2 Å². The number of hydrogen-bond acceptors (Lipinski definition) is 5. The van der Waals surface area contributed by atoms with Crippen molar-refractivity contribution >= 4 is 17.4 Å². The van der Waals surface area contributed by atoms with Crippen LogP contribution in [0.1, 0.15) is 27.0 Å². The highest BCUT2D eigenvalue weighted by atomic mass is 19.1. The molecule has 3 rings (SSSR count). The van der Waals surface area contributed by atoms with Crippen molar-refractivity contribution in [1.82, 2.24) is 9.88 Å². The summed E-state index contributed by atoms with van der Waals surface area (Å²) < 4.78 is 20.7. The topological polar surface area (TPSA) is 92.6 Å². The number of amides is 1. The lowest BCUT2D eigenvalue weighted by molar-refractivity contribution is 0.0948. The summed E-state index contributed by atoms with van der Waals surface area (Å²) in [6, 6.07) is 11.7. The van der Waals surface area contributed by atoms with E-state index >= 15 is 0 Å². The first-order chi connectivity index (χ1) is 14.7. The summed E-state index contributed by atoms with van der Waals surface area (Å²) in [5.74, 6) is -0.930. The van der Waals surface area contributed by atoms with Gasteiger partial charge in [0.2, 0.25) is 0 Å². The lowest BCUT2D eigenvalue weighted by Crippen LogP contribution is -2.30. The Kier molecular flexibility index (Phi) is 6.29. The Balaban J connectivity index is 1.97. The zero-order valence-corrected chi connectivity index (χ0v) is 17.7. The van der Waals surface area contributed by atoms with Crippen LogP contribution in [-0.4, -0.2) is 22.7 Å². The SMILES string of the molecule is COc1ccc(CNC(=O)c2c(O)c(C)c(=O)n(C)c2Nc2ccc(C)cc2F)cc1. The first-order valence-corrected chi connectivity index (χ1v) is 9.59. The number of carbonyl (C=O) groups is 1. The highest BCUT2D eigenvalue weighted by molar-refractivity contribution is 6.02. The number of pyridine rings is 1. The molecule has 0 aliphatic rings. The third-order valence-corrected chi connectivity index (χ3v) is 5.01. The second-order valence-corrected chi connectivity index (χ2v) is 7.20. The average molecular weight is 425 g/mol. The van der Waals surface area contributed by atoms with E-state index in [2.05, 4.69) is 10.6 Å². The van der Waals surface area contributed by atoms with Crippen LogP contribution in [-0.2, 0) is 13.6 Å². The summed E-state index contributed by atoms with van der Waals surface area (Å²) in [4.78, 5) is 25.5. The Bertz CT molecular complexity index is 1190. The number of aromatic hydroxyl groups is 1. The van der Waals surface area contributed by atoms with Gasteiger partial charge in [-0.15, -0.1) is 0 Å². The number of halogens is 1. The van der Waals surface area contributed by atoms with Crippen LogP contribution >= 0.6 is 0 Å². The van der Waals surface area contributed by atoms with Crippen molar-refractivity contribution in [3.8, 4) is 11.5 Å². The number of nitrogens with one attached hydrogen (secondary N) is 2. The fraction of sp³-hybridized carbons (Fsp3) is 0.217. The fourth-order valence-corrected chi connectivity index (χ4v) is 3.15. The van der Waals surface area contributed by atoms with Gasteiger partial charge in [0.15, 0.2) is 0 Å². The number of anilines is 2. The van der Waals surface area contributed by atoms with Crippen molar-refractivity contribution < 1.29 is 19.0 Å². The first kappa shape index (κ1) is 21.9. The second kappa shape index (κ2) is 8.91. The molecule has 3 aromatic rings. The van der Waals surface area contributed by atoms with Crippen LogP contribution in [0.25, 0.3) is 0 Å². The number of carbonyl (C=O) groups excluding carboxylic acids is 1. The molecule has 0 bridgehead atoms. The number of aryl methyl sites for hydroxylation is 1. The number of aromatic nitrogens is 1. The molecule has 31 heavy (non-hydrogen) atoms. The van der Waals surface area contributed by atoms with Crippen molar-refractivity contribution in [3.05, 3.63) is 80.9 Å². The number of ether oxygens (including phenoxy) is 1. The highest BCUT2D eigenvalue weighted by Gasteiger charge is 2.24. The van der Waals surface area contributed by atoms with E-state index in [0.717, 1.165) is 11.1 Å². The van der Waals surface area contributed by atoms with Gasteiger partial charge >= 0.3 is 0 Å². The maximum Gasteiger partial charge on any atom is 0.259 e. The molecule has 1 heterocycles. The molecule has 0 aliphatic carbocycles. The van der Waals surface area contributed by atoms with Crippen LogP contribution in [0.3, 0.4) is 0 Å². The highest BCUT2D eigenvalue weighted by Crippen LogP contribution is 2.30. The monoisotopic (exact) mass is 425 g/mol. The largest absolute Gasteiger partial charge is 0.506 e. The van der Waals surface area contributed by atoms with Gasteiger partial charge in [-0.1, -0.05) is 18.2 Å². The molecular formula is C23H24FN3O4. The van der Waals surface area contributed by atoms with Crippen LogP contribution in [0.5, 0.6) is 11.5 Å². The predicted octanol–water partition coefficient (Wildman–Crippen LogP) is 3.53.